The molecule has 0 aliphatic heterocycles. The summed E-state index contributed by atoms with van der Waals surface area (Å²) in [5.74, 6) is -1.36. The van der Waals surface area contributed by atoms with Crippen molar-refractivity contribution in [2.24, 2.45) is 5.92 Å². The lowest BCUT2D eigenvalue weighted by Crippen LogP contribution is -2.30. The number of phosphoric ester groups is 2. The van der Waals surface area contributed by atoms with Crippen molar-refractivity contribution in [1.29, 1.82) is 0 Å². The maximum Gasteiger partial charge on any atom is 0.472 e. The van der Waals surface area contributed by atoms with Crippen LogP contribution in [0.3, 0.4) is 0 Å². The fraction of sp³-hybridized carbons (Fsp3) is 0.949. The van der Waals surface area contributed by atoms with Crippen molar-refractivity contribution < 1.29 is 80.2 Å². The fourth-order valence-electron chi connectivity index (χ4n) is 12.1. The lowest BCUT2D eigenvalue weighted by atomic mass is 10.0. The summed E-state index contributed by atoms with van der Waals surface area (Å²) < 4.78 is 68.6. The predicted octanol–water partition coefficient (Wildman–Crippen LogP) is 23.3. The maximum atomic E-state index is 13.1. The van der Waals surface area contributed by atoms with E-state index < -0.39 is 97.5 Å². The number of rotatable bonds is 78. The van der Waals surface area contributed by atoms with Crippen molar-refractivity contribution in [2.45, 2.75) is 432 Å². The summed E-state index contributed by atoms with van der Waals surface area (Å²) in [5.41, 5.74) is 0. The molecule has 3 N–H and O–H groups in total. The molecule has 0 aliphatic rings. The van der Waals surface area contributed by atoms with Gasteiger partial charge in [0.05, 0.1) is 26.4 Å². The molecule has 0 aliphatic carbocycles. The minimum atomic E-state index is -4.96. The van der Waals surface area contributed by atoms with Crippen molar-refractivity contribution >= 4 is 39.5 Å². The first-order chi connectivity index (χ1) is 47.0. The third-order valence-electron chi connectivity index (χ3n) is 18.3. The molecule has 0 spiro atoms. The highest BCUT2D eigenvalue weighted by atomic mass is 31.2. The first-order valence-corrected chi connectivity index (χ1v) is 43.6. The number of aliphatic hydroxyl groups excluding tert-OH is 1. The van der Waals surface area contributed by atoms with E-state index in [0.29, 0.717) is 25.7 Å². The molecule has 0 amide bonds. The zero-order valence-corrected chi connectivity index (χ0v) is 65.0. The van der Waals surface area contributed by atoms with E-state index >= 15 is 0 Å². The third-order valence-corrected chi connectivity index (χ3v) is 20.2. The summed E-state index contributed by atoms with van der Waals surface area (Å²) in [6, 6.07) is 0. The van der Waals surface area contributed by atoms with Crippen molar-refractivity contribution in [3.8, 4) is 0 Å². The second kappa shape index (κ2) is 71.1. The minimum absolute atomic E-state index is 0.107. The quantitative estimate of drug-likeness (QED) is 0.0222. The zero-order valence-electron chi connectivity index (χ0n) is 63.2. The number of hydrogen-bond donors (Lipinski definition) is 3. The van der Waals surface area contributed by atoms with Gasteiger partial charge in [-0.1, -0.05) is 362 Å². The molecule has 0 saturated carbocycles. The second-order valence-corrected chi connectivity index (χ2v) is 31.5. The predicted molar refractivity (Wildman–Crippen MR) is 395 cm³/mol. The molecule has 2 unspecified atom stereocenters. The molecule has 0 aromatic heterocycles. The van der Waals surface area contributed by atoms with Gasteiger partial charge in [-0.15, -0.1) is 0 Å². The lowest BCUT2D eigenvalue weighted by molar-refractivity contribution is -0.161. The van der Waals surface area contributed by atoms with Crippen LogP contribution >= 0.6 is 15.6 Å². The molecule has 0 bridgehead atoms. The van der Waals surface area contributed by atoms with Crippen molar-refractivity contribution in [2.75, 3.05) is 39.6 Å². The maximum absolute atomic E-state index is 13.1. The Hall–Kier alpha value is -1.94. The first-order valence-electron chi connectivity index (χ1n) is 40.6. The number of phosphoric acid groups is 2. The highest BCUT2D eigenvalue weighted by Crippen LogP contribution is 2.45. The topological polar surface area (TPSA) is 237 Å². The third kappa shape index (κ3) is 72.2. The van der Waals surface area contributed by atoms with Crippen LogP contribution < -0.4 is 0 Å². The van der Waals surface area contributed by atoms with Crippen LogP contribution in [0.1, 0.15) is 413 Å². The molecule has 0 aromatic carbocycles. The van der Waals surface area contributed by atoms with Crippen LogP contribution in [-0.4, -0.2) is 96.7 Å². The van der Waals surface area contributed by atoms with E-state index in [0.717, 1.165) is 95.8 Å². The van der Waals surface area contributed by atoms with Gasteiger partial charge in [-0.05, 0) is 31.6 Å². The fourth-order valence-corrected chi connectivity index (χ4v) is 13.6. The van der Waals surface area contributed by atoms with Gasteiger partial charge in [0.1, 0.15) is 19.3 Å². The molecular weight excluding hydrogens is 1270 g/mol. The van der Waals surface area contributed by atoms with Crippen molar-refractivity contribution in [1.82, 2.24) is 0 Å². The molecule has 17 nitrogen and oxygen atoms in total. The van der Waals surface area contributed by atoms with E-state index in [1.165, 1.54) is 238 Å². The molecule has 0 rings (SSSR count). The number of hydrogen-bond acceptors (Lipinski definition) is 15. The number of ether oxygens (including phenoxy) is 4. The molecule has 0 heterocycles. The Morgan fingerprint density at radius 1 is 0.278 bits per heavy atom. The Labute approximate surface area is 594 Å². The van der Waals surface area contributed by atoms with Crippen LogP contribution in [-0.2, 0) is 65.4 Å². The Balaban J connectivity index is 5.25. The average Bonchev–Trinajstić information content (AvgIpc) is 2.31. The van der Waals surface area contributed by atoms with E-state index in [2.05, 4.69) is 34.6 Å². The molecule has 5 atom stereocenters. The average molecular weight is 1420 g/mol. The van der Waals surface area contributed by atoms with Crippen molar-refractivity contribution in [3.05, 3.63) is 0 Å². The summed E-state index contributed by atoms with van der Waals surface area (Å²) in [5, 5.41) is 10.6. The Morgan fingerprint density at radius 2 is 0.474 bits per heavy atom. The minimum Gasteiger partial charge on any atom is -0.462 e. The van der Waals surface area contributed by atoms with Crippen LogP contribution in [0, 0.1) is 5.92 Å². The molecule has 97 heavy (non-hydrogen) atoms. The molecule has 0 radical (unpaired) electrons. The standard InChI is InChI=1S/C78H152O17P2/c1-6-9-12-15-18-21-24-26-28-30-32-34-37-43-48-53-58-63-77(82)94-73(68-89-76(81)62-57-52-47-42-36-33-31-29-27-25-22-19-16-13-10-7-2)69-92-96(84,85)90-65-72(79)66-91-97(86,87)93-70-74(67-88-75(80)61-56-51-46-41-35-23-20-17-14-11-8-3)95-78(83)64-59-54-49-44-39-38-40-45-50-55-60-71(4)5/h71-74,79H,6-70H2,1-5H3,(H,84,85)(H,86,87)/t72-,73-,74-/m1/s1. The van der Waals surface area contributed by atoms with Gasteiger partial charge in [0, 0.05) is 25.7 Å². The van der Waals surface area contributed by atoms with E-state index in [9.17, 15) is 43.2 Å². The summed E-state index contributed by atoms with van der Waals surface area (Å²) in [4.78, 5) is 72.9. The molecule has 0 saturated heterocycles. The van der Waals surface area contributed by atoms with Crippen LogP contribution in [0.4, 0.5) is 0 Å². The van der Waals surface area contributed by atoms with Crippen LogP contribution in [0.25, 0.3) is 0 Å². The van der Waals surface area contributed by atoms with Gasteiger partial charge in [0.15, 0.2) is 12.2 Å². The van der Waals surface area contributed by atoms with E-state index in [-0.39, 0.29) is 25.7 Å². The molecule has 19 heteroatoms. The largest absolute Gasteiger partial charge is 0.472 e. The summed E-state index contributed by atoms with van der Waals surface area (Å²) in [7, 11) is -9.91. The number of esters is 4. The first kappa shape index (κ1) is 95.1. The lowest BCUT2D eigenvalue weighted by Gasteiger charge is -2.21. The van der Waals surface area contributed by atoms with Gasteiger partial charge in [0.25, 0.3) is 0 Å². The zero-order chi connectivity index (χ0) is 71.2. The van der Waals surface area contributed by atoms with Crippen LogP contribution in [0.2, 0.25) is 0 Å². The van der Waals surface area contributed by atoms with Gasteiger partial charge in [-0.2, -0.15) is 0 Å². The highest BCUT2D eigenvalue weighted by molar-refractivity contribution is 7.47. The Kier molecular flexibility index (Phi) is 69.6. The van der Waals surface area contributed by atoms with E-state index in [1.54, 1.807) is 0 Å². The Morgan fingerprint density at radius 3 is 0.701 bits per heavy atom. The number of carbonyl (C=O) groups excluding carboxylic acids is 4. The Bertz CT molecular complexity index is 1860. The van der Waals surface area contributed by atoms with Gasteiger partial charge >= 0.3 is 39.5 Å². The highest BCUT2D eigenvalue weighted by Gasteiger charge is 2.30. The molecule has 0 fully saturated rings. The van der Waals surface area contributed by atoms with E-state index in [4.69, 9.17) is 37.0 Å². The van der Waals surface area contributed by atoms with Gasteiger partial charge < -0.3 is 33.8 Å². The van der Waals surface area contributed by atoms with Gasteiger partial charge in [-0.25, -0.2) is 9.13 Å². The molecule has 0 aromatic rings. The number of unbranched alkanes of at least 4 members (excludes halogenated alkanes) is 50. The summed E-state index contributed by atoms with van der Waals surface area (Å²) >= 11 is 0. The molecular formula is C78H152O17P2. The van der Waals surface area contributed by atoms with Crippen LogP contribution in [0.5, 0.6) is 0 Å². The number of aliphatic hydroxyl groups is 1. The van der Waals surface area contributed by atoms with Crippen molar-refractivity contribution in [3.63, 3.8) is 0 Å². The van der Waals surface area contributed by atoms with E-state index in [1.807, 2.05) is 0 Å². The monoisotopic (exact) mass is 1420 g/mol. The SMILES string of the molecule is CCCCCCCCCCCCCCCCCCCC(=O)O[C@H](COC(=O)CCCCCCCCCCCCCCCCCC)COP(=O)(O)OC[C@@H](O)COP(=O)(O)OC[C@@H](COC(=O)CCCCCCCCCCCCC)OC(=O)CCCCCCCCCCCCC(C)C. The van der Waals surface area contributed by atoms with Crippen LogP contribution in [0.15, 0.2) is 0 Å². The number of carbonyl (C=O) groups is 4. The summed E-state index contributed by atoms with van der Waals surface area (Å²) in [6.45, 7) is 7.30. The van der Waals surface area contributed by atoms with Gasteiger partial charge in [0.2, 0.25) is 0 Å². The second-order valence-electron chi connectivity index (χ2n) is 28.6. The molecule has 576 valence electrons. The normalized spacial score (nSPS) is 13.9. The smallest absolute Gasteiger partial charge is 0.462 e. The summed E-state index contributed by atoms with van der Waals surface area (Å²) in [6.07, 6.45) is 60.9. The van der Waals surface area contributed by atoms with Gasteiger partial charge in [-0.3, -0.25) is 37.3 Å².